The predicted octanol–water partition coefficient (Wildman–Crippen LogP) is 3.98. The third-order valence-corrected chi connectivity index (χ3v) is 6.31. The van der Waals surface area contributed by atoms with Crippen LogP contribution in [0.15, 0.2) is 53.9 Å². The minimum atomic E-state index is -0.611. The van der Waals surface area contributed by atoms with Gasteiger partial charge in [0.25, 0.3) is 5.91 Å². The molecular formula is C23H22ClN3O4S. The maximum Gasteiger partial charge on any atom is 0.358 e. The maximum atomic E-state index is 12.5. The second kappa shape index (κ2) is 10.0. The molecule has 0 atom stereocenters. The molecule has 0 saturated carbocycles. The molecule has 0 unspecified atom stereocenters. The first-order valence-electron chi connectivity index (χ1n) is 10.1. The van der Waals surface area contributed by atoms with E-state index in [9.17, 15) is 9.59 Å². The van der Waals surface area contributed by atoms with Gasteiger partial charge in [0.15, 0.2) is 12.3 Å². The molecule has 4 rings (SSSR count). The molecule has 0 radical (unpaired) electrons. The highest BCUT2D eigenvalue weighted by molar-refractivity contribution is 7.13. The third-order valence-electron chi connectivity index (χ3n) is 5.18. The Bertz CT molecular complexity index is 1090. The molecule has 2 heterocycles. The van der Waals surface area contributed by atoms with E-state index < -0.39 is 5.97 Å². The first kappa shape index (κ1) is 22.1. The van der Waals surface area contributed by atoms with Crippen LogP contribution in [0.5, 0.6) is 5.75 Å². The molecule has 1 amide bonds. The molecule has 32 heavy (non-hydrogen) atoms. The Morgan fingerprint density at radius 3 is 2.53 bits per heavy atom. The van der Waals surface area contributed by atoms with Gasteiger partial charge in [-0.15, -0.1) is 11.3 Å². The Kier molecular flexibility index (Phi) is 6.92. The van der Waals surface area contributed by atoms with Crippen LogP contribution >= 0.6 is 22.9 Å². The number of carbonyl (C=O) groups excluding carboxylic acids is 2. The van der Waals surface area contributed by atoms with Crippen molar-refractivity contribution >= 4 is 40.5 Å². The first-order chi connectivity index (χ1) is 15.5. The molecule has 0 N–H and O–H groups in total. The fourth-order valence-corrected chi connectivity index (χ4v) is 4.40. The number of anilines is 1. The van der Waals surface area contributed by atoms with Crippen LogP contribution in [0.1, 0.15) is 10.5 Å². The zero-order chi connectivity index (χ0) is 22.5. The quantitative estimate of drug-likeness (QED) is 0.506. The Morgan fingerprint density at radius 1 is 1.09 bits per heavy atom. The number of piperazine rings is 1. The number of amides is 1. The van der Waals surface area contributed by atoms with Gasteiger partial charge in [0.1, 0.15) is 10.8 Å². The molecule has 1 aliphatic heterocycles. The van der Waals surface area contributed by atoms with E-state index in [2.05, 4.69) is 9.88 Å². The molecule has 3 aromatic rings. The van der Waals surface area contributed by atoms with Gasteiger partial charge in [-0.05, 0) is 36.4 Å². The molecule has 0 bridgehead atoms. The predicted molar refractivity (Wildman–Crippen MR) is 125 cm³/mol. The van der Waals surface area contributed by atoms with E-state index >= 15 is 0 Å². The lowest BCUT2D eigenvalue weighted by Crippen LogP contribution is -2.49. The summed E-state index contributed by atoms with van der Waals surface area (Å²) in [6.45, 7) is 2.25. The van der Waals surface area contributed by atoms with Crippen LogP contribution < -0.4 is 9.64 Å². The minimum absolute atomic E-state index is 0.183. The van der Waals surface area contributed by atoms with E-state index in [0.29, 0.717) is 36.2 Å². The number of benzene rings is 2. The van der Waals surface area contributed by atoms with Gasteiger partial charge in [-0.3, -0.25) is 4.79 Å². The summed E-state index contributed by atoms with van der Waals surface area (Å²) >= 11 is 7.34. The van der Waals surface area contributed by atoms with Gasteiger partial charge in [-0.1, -0.05) is 23.7 Å². The molecule has 0 aliphatic carbocycles. The molecule has 166 valence electrons. The number of methoxy groups -OCH3 is 1. The second-order valence-corrected chi connectivity index (χ2v) is 8.48. The number of halogens is 1. The number of aromatic nitrogens is 1. The van der Waals surface area contributed by atoms with E-state index in [4.69, 9.17) is 21.1 Å². The fraction of sp³-hybridized carbons (Fsp3) is 0.261. The molecule has 1 saturated heterocycles. The Hall–Kier alpha value is -3.10. The van der Waals surface area contributed by atoms with Gasteiger partial charge in [0.2, 0.25) is 0 Å². The van der Waals surface area contributed by atoms with Crippen molar-refractivity contribution in [3.8, 4) is 16.3 Å². The molecule has 1 fully saturated rings. The molecule has 7 nitrogen and oxygen atoms in total. The molecule has 1 aromatic heterocycles. The number of ether oxygens (including phenoxy) is 2. The Balaban J connectivity index is 1.26. The van der Waals surface area contributed by atoms with Gasteiger partial charge in [0.05, 0.1) is 7.11 Å². The summed E-state index contributed by atoms with van der Waals surface area (Å²) in [5, 5.41) is 2.89. The fourth-order valence-electron chi connectivity index (χ4n) is 3.42. The Morgan fingerprint density at radius 2 is 1.84 bits per heavy atom. The van der Waals surface area contributed by atoms with Crippen molar-refractivity contribution in [2.24, 2.45) is 0 Å². The van der Waals surface area contributed by atoms with Crippen LogP contribution in [0.25, 0.3) is 10.6 Å². The van der Waals surface area contributed by atoms with E-state index in [1.54, 1.807) is 29.5 Å². The zero-order valence-corrected chi connectivity index (χ0v) is 19.1. The summed E-state index contributed by atoms with van der Waals surface area (Å²) in [5.74, 6) is -0.0121. The van der Waals surface area contributed by atoms with Crippen LogP contribution in [-0.4, -0.2) is 61.7 Å². The van der Waals surface area contributed by atoms with Crippen LogP contribution in [0.2, 0.25) is 5.02 Å². The van der Waals surface area contributed by atoms with Crippen LogP contribution in [-0.2, 0) is 9.53 Å². The summed E-state index contributed by atoms with van der Waals surface area (Å²) < 4.78 is 10.4. The number of carbonyl (C=O) groups is 2. The van der Waals surface area contributed by atoms with Gasteiger partial charge >= 0.3 is 5.97 Å². The highest BCUT2D eigenvalue weighted by Gasteiger charge is 2.23. The maximum absolute atomic E-state index is 12.5. The van der Waals surface area contributed by atoms with E-state index in [-0.39, 0.29) is 18.2 Å². The lowest BCUT2D eigenvalue weighted by molar-refractivity contribution is -0.134. The van der Waals surface area contributed by atoms with E-state index in [1.807, 2.05) is 36.4 Å². The first-order valence-corrected chi connectivity index (χ1v) is 11.3. The monoisotopic (exact) mass is 471 g/mol. The summed E-state index contributed by atoms with van der Waals surface area (Å²) in [7, 11) is 1.64. The number of nitrogens with zero attached hydrogens (tertiary/aromatic N) is 3. The summed E-state index contributed by atoms with van der Waals surface area (Å²) in [4.78, 5) is 33.1. The standard InChI is InChI=1S/C23H22ClN3O4S/c1-30-19-7-5-18(6-8-19)26-9-11-27(12-10-26)21(28)14-31-23(29)20-15-32-22(25-20)16-3-2-4-17(24)13-16/h2-8,13,15H,9-12,14H2,1H3. The van der Waals surface area contributed by atoms with E-state index in [1.165, 1.54) is 11.3 Å². The molecule has 2 aromatic carbocycles. The largest absolute Gasteiger partial charge is 0.497 e. The average molecular weight is 472 g/mol. The van der Waals surface area contributed by atoms with Crippen molar-refractivity contribution in [3.63, 3.8) is 0 Å². The topological polar surface area (TPSA) is 72.0 Å². The van der Waals surface area contributed by atoms with Crippen LogP contribution in [0.4, 0.5) is 5.69 Å². The lowest BCUT2D eigenvalue weighted by Gasteiger charge is -2.36. The van der Waals surface area contributed by atoms with Gasteiger partial charge in [-0.25, -0.2) is 9.78 Å². The average Bonchev–Trinajstić information content (AvgIpc) is 3.33. The van der Waals surface area contributed by atoms with Crippen molar-refractivity contribution in [2.75, 3.05) is 44.8 Å². The van der Waals surface area contributed by atoms with Crippen LogP contribution in [0.3, 0.4) is 0 Å². The van der Waals surface area contributed by atoms with E-state index in [0.717, 1.165) is 17.0 Å². The van der Waals surface area contributed by atoms with Gasteiger partial charge in [0, 0.05) is 47.8 Å². The molecular weight excluding hydrogens is 450 g/mol. The number of hydrogen-bond donors (Lipinski definition) is 0. The summed E-state index contributed by atoms with van der Waals surface area (Å²) in [6, 6.07) is 15.1. The number of rotatable bonds is 6. The minimum Gasteiger partial charge on any atom is -0.497 e. The highest BCUT2D eigenvalue weighted by Crippen LogP contribution is 2.26. The summed E-state index contributed by atoms with van der Waals surface area (Å²) in [6.07, 6.45) is 0. The number of thiazole rings is 1. The summed E-state index contributed by atoms with van der Waals surface area (Å²) in [5.41, 5.74) is 2.10. The van der Waals surface area contributed by atoms with Crippen molar-refractivity contribution in [2.45, 2.75) is 0 Å². The van der Waals surface area contributed by atoms with Gasteiger partial charge < -0.3 is 19.3 Å². The second-order valence-electron chi connectivity index (χ2n) is 7.19. The zero-order valence-electron chi connectivity index (χ0n) is 17.5. The van der Waals surface area contributed by atoms with Crippen LogP contribution in [0, 0.1) is 0 Å². The SMILES string of the molecule is COc1ccc(N2CCN(C(=O)COC(=O)c3csc(-c4cccc(Cl)c4)n3)CC2)cc1. The lowest BCUT2D eigenvalue weighted by atomic mass is 10.2. The smallest absolute Gasteiger partial charge is 0.358 e. The third kappa shape index (κ3) is 5.20. The number of esters is 1. The van der Waals surface area contributed by atoms with Crippen molar-refractivity contribution in [3.05, 3.63) is 64.6 Å². The molecule has 0 spiro atoms. The molecule has 1 aliphatic rings. The Labute approximate surface area is 195 Å². The van der Waals surface area contributed by atoms with Crippen molar-refractivity contribution < 1.29 is 19.1 Å². The van der Waals surface area contributed by atoms with Gasteiger partial charge in [-0.2, -0.15) is 0 Å². The normalized spacial score (nSPS) is 13.7. The van der Waals surface area contributed by atoms with Crippen molar-refractivity contribution in [1.29, 1.82) is 0 Å². The van der Waals surface area contributed by atoms with Crippen molar-refractivity contribution in [1.82, 2.24) is 9.88 Å². The number of hydrogen-bond acceptors (Lipinski definition) is 7. The highest BCUT2D eigenvalue weighted by atomic mass is 35.5. The molecule has 9 heteroatoms.